The normalized spacial score (nSPS) is 11.6. The van der Waals surface area contributed by atoms with Gasteiger partial charge in [-0.25, -0.2) is 4.98 Å². The van der Waals surface area contributed by atoms with Gasteiger partial charge in [-0.1, -0.05) is 0 Å². The molecule has 0 aliphatic carbocycles. The van der Waals surface area contributed by atoms with Gasteiger partial charge in [-0.2, -0.15) is 13.2 Å². The fourth-order valence-corrected chi connectivity index (χ4v) is 2.19. The molecule has 1 aromatic heterocycles. The van der Waals surface area contributed by atoms with Gasteiger partial charge in [0.25, 0.3) is 5.91 Å². The van der Waals surface area contributed by atoms with E-state index in [4.69, 9.17) is 13.9 Å². The van der Waals surface area contributed by atoms with Gasteiger partial charge in [0.2, 0.25) is 5.89 Å². The summed E-state index contributed by atoms with van der Waals surface area (Å²) in [5.41, 5.74) is -0.362. The molecule has 1 amide bonds. The molecule has 0 aliphatic rings. The van der Waals surface area contributed by atoms with E-state index in [9.17, 15) is 18.0 Å². The molecule has 0 radical (unpaired) electrons. The molecule has 142 valence electrons. The van der Waals surface area contributed by atoms with Crippen molar-refractivity contribution in [2.24, 2.45) is 0 Å². The maximum atomic E-state index is 12.6. The number of nitrogens with zero attached hydrogens (tertiary/aromatic N) is 2. The maximum Gasteiger partial charge on any atom is 0.416 e. The van der Waals surface area contributed by atoms with Crippen molar-refractivity contribution in [3.63, 3.8) is 0 Å². The zero-order chi connectivity index (χ0) is 19.2. The van der Waals surface area contributed by atoms with Crippen molar-refractivity contribution in [3.8, 4) is 11.5 Å². The molecule has 0 N–H and O–H groups in total. The lowest BCUT2D eigenvalue weighted by molar-refractivity contribution is -0.137. The fourth-order valence-electron chi connectivity index (χ4n) is 2.19. The monoisotopic (exact) mass is 372 g/mol. The minimum absolute atomic E-state index is 0.0621. The van der Waals surface area contributed by atoms with E-state index >= 15 is 0 Å². The SMILES string of the molecule is COCCN(CCOC)C(=O)c1coc(-c2ccc(C(F)(F)F)cc2)n1. The van der Waals surface area contributed by atoms with Crippen molar-refractivity contribution in [2.75, 3.05) is 40.5 Å². The predicted octanol–water partition coefficient (Wildman–Crippen LogP) is 3.10. The number of rotatable bonds is 8. The Labute approximate surface area is 148 Å². The van der Waals surface area contributed by atoms with Crippen LogP contribution in [0.5, 0.6) is 0 Å². The van der Waals surface area contributed by atoms with E-state index in [1.807, 2.05) is 0 Å². The number of alkyl halides is 3. The molecule has 9 heteroatoms. The summed E-state index contributed by atoms with van der Waals surface area (Å²) in [5, 5.41) is 0. The van der Waals surface area contributed by atoms with Gasteiger partial charge in [0.15, 0.2) is 5.69 Å². The first kappa shape index (κ1) is 19.9. The molecule has 0 saturated carbocycles. The molecule has 0 saturated heterocycles. The van der Waals surface area contributed by atoms with E-state index in [0.29, 0.717) is 31.9 Å². The third kappa shape index (κ3) is 5.06. The van der Waals surface area contributed by atoms with Gasteiger partial charge in [-0.3, -0.25) is 4.79 Å². The van der Waals surface area contributed by atoms with Crippen LogP contribution in [0, 0.1) is 0 Å². The third-order valence-electron chi connectivity index (χ3n) is 3.60. The fraction of sp³-hybridized carbons (Fsp3) is 0.412. The minimum Gasteiger partial charge on any atom is -0.444 e. The van der Waals surface area contributed by atoms with Crippen LogP contribution >= 0.6 is 0 Å². The molecule has 1 heterocycles. The summed E-state index contributed by atoms with van der Waals surface area (Å²) in [6.45, 7) is 1.39. The first-order valence-electron chi connectivity index (χ1n) is 7.77. The second kappa shape index (κ2) is 8.81. The molecular weight excluding hydrogens is 353 g/mol. The first-order valence-corrected chi connectivity index (χ1v) is 7.77. The van der Waals surface area contributed by atoms with Gasteiger partial charge in [0, 0.05) is 32.9 Å². The standard InChI is InChI=1S/C17H19F3N2O4/c1-24-9-7-22(8-10-25-2)16(23)14-11-26-15(21-14)12-3-5-13(6-4-12)17(18,19)20/h3-6,11H,7-10H2,1-2H3. The molecule has 0 fully saturated rings. The maximum absolute atomic E-state index is 12.6. The van der Waals surface area contributed by atoms with E-state index in [1.165, 1.54) is 37.5 Å². The second-order valence-electron chi connectivity index (χ2n) is 5.39. The zero-order valence-electron chi connectivity index (χ0n) is 14.4. The predicted molar refractivity (Wildman–Crippen MR) is 86.6 cm³/mol. The average molecular weight is 372 g/mol. The number of halogens is 3. The number of hydrogen-bond acceptors (Lipinski definition) is 5. The van der Waals surface area contributed by atoms with E-state index in [-0.39, 0.29) is 17.5 Å². The summed E-state index contributed by atoms with van der Waals surface area (Å²) in [6, 6.07) is 4.36. The van der Waals surface area contributed by atoms with Crippen LogP contribution in [0.4, 0.5) is 13.2 Å². The van der Waals surface area contributed by atoms with Crippen LogP contribution in [-0.2, 0) is 15.7 Å². The second-order valence-corrected chi connectivity index (χ2v) is 5.39. The highest BCUT2D eigenvalue weighted by atomic mass is 19.4. The lowest BCUT2D eigenvalue weighted by Gasteiger charge is -2.20. The molecule has 2 rings (SSSR count). The average Bonchev–Trinajstić information content (AvgIpc) is 3.11. The summed E-state index contributed by atoms with van der Waals surface area (Å²) in [7, 11) is 3.05. The minimum atomic E-state index is -4.42. The lowest BCUT2D eigenvalue weighted by atomic mass is 10.1. The van der Waals surface area contributed by atoms with Crippen LogP contribution in [0.3, 0.4) is 0 Å². The van der Waals surface area contributed by atoms with Crippen molar-refractivity contribution < 1.29 is 31.9 Å². The Hall–Kier alpha value is -2.39. The van der Waals surface area contributed by atoms with Crippen LogP contribution in [0.2, 0.25) is 0 Å². The molecule has 2 aromatic rings. The quantitative estimate of drug-likeness (QED) is 0.713. The summed E-state index contributed by atoms with van der Waals surface area (Å²) in [4.78, 5) is 18.1. The Morgan fingerprint density at radius 3 is 2.19 bits per heavy atom. The van der Waals surface area contributed by atoms with Crippen LogP contribution in [-0.4, -0.2) is 56.3 Å². The highest BCUT2D eigenvalue weighted by Gasteiger charge is 2.30. The number of aromatic nitrogens is 1. The highest BCUT2D eigenvalue weighted by Crippen LogP contribution is 2.30. The first-order chi connectivity index (χ1) is 12.4. The Bertz CT molecular complexity index is 706. The molecule has 0 bridgehead atoms. The number of methoxy groups -OCH3 is 2. The van der Waals surface area contributed by atoms with Gasteiger partial charge in [-0.15, -0.1) is 0 Å². The Balaban J connectivity index is 2.15. The number of carbonyl (C=O) groups is 1. The molecule has 0 atom stereocenters. The van der Waals surface area contributed by atoms with Crippen molar-refractivity contribution in [3.05, 3.63) is 41.8 Å². The van der Waals surface area contributed by atoms with Crippen LogP contribution in [0.15, 0.2) is 34.9 Å². The molecule has 1 aromatic carbocycles. The molecule has 26 heavy (non-hydrogen) atoms. The lowest BCUT2D eigenvalue weighted by Crippen LogP contribution is -2.36. The van der Waals surface area contributed by atoms with Gasteiger partial charge < -0.3 is 18.8 Å². The number of ether oxygens (including phenoxy) is 2. The number of carbonyl (C=O) groups excluding carboxylic acids is 1. The Kier molecular flexibility index (Phi) is 6.76. The van der Waals surface area contributed by atoms with Crippen molar-refractivity contribution in [1.82, 2.24) is 9.88 Å². The third-order valence-corrected chi connectivity index (χ3v) is 3.60. The van der Waals surface area contributed by atoms with E-state index in [1.54, 1.807) is 0 Å². The van der Waals surface area contributed by atoms with Crippen LogP contribution < -0.4 is 0 Å². The summed E-state index contributed by atoms with van der Waals surface area (Å²) in [6.07, 6.45) is -3.23. The molecule has 6 nitrogen and oxygen atoms in total. The smallest absolute Gasteiger partial charge is 0.416 e. The zero-order valence-corrected chi connectivity index (χ0v) is 14.4. The summed E-state index contributed by atoms with van der Waals surface area (Å²) in [5.74, 6) is -0.304. The van der Waals surface area contributed by atoms with Gasteiger partial charge >= 0.3 is 6.18 Å². The summed E-state index contributed by atoms with van der Waals surface area (Å²) < 4.78 is 53.1. The van der Waals surface area contributed by atoms with E-state index in [2.05, 4.69) is 4.98 Å². The molecular formula is C17H19F3N2O4. The Morgan fingerprint density at radius 2 is 1.69 bits per heavy atom. The van der Waals surface area contributed by atoms with Gasteiger partial charge in [-0.05, 0) is 24.3 Å². The molecule has 0 unspecified atom stereocenters. The van der Waals surface area contributed by atoms with Crippen molar-refractivity contribution in [1.29, 1.82) is 0 Å². The largest absolute Gasteiger partial charge is 0.444 e. The van der Waals surface area contributed by atoms with E-state index < -0.39 is 11.7 Å². The van der Waals surface area contributed by atoms with Crippen LogP contribution in [0.25, 0.3) is 11.5 Å². The van der Waals surface area contributed by atoms with E-state index in [0.717, 1.165) is 12.1 Å². The number of oxazole rings is 1. The topological polar surface area (TPSA) is 64.8 Å². The molecule has 0 spiro atoms. The van der Waals surface area contributed by atoms with Crippen molar-refractivity contribution in [2.45, 2.75) is 6.18 Å². The van der Waals surface area contributed by atoms with Crippen LogP contribution in [0.1, 0.15) is 16.1 Å². The highest BCUT2D eigenvalue weighted by molar-refractivity contribution is 5.92. The van der Waals surface area contributed by atoms with Crippen molar-refractivity contribution >= 4 is 5.91 Å². The Morgan fingerprint density at radius 1 is 1.12 bits per heavy atom. The number of amides is 1. The molecule has 0 aliphatic heterocycles. The number of hydrogen-bond donors (Lipinski definition) is 0. The van der Waals surface area contributed by atoms with Gasteiger partial charge in [0.1, 0.15) is 6.26 Å². The summed E-state index contributed by atoms with van der Waals surface area (Å²) >= 11 is 0. The van der Waals surface area contributed by atoms with Gasteiger partial charge in [0.05, 0.1) is 18.8 Å². The number of benzene rings is 1.